The zero-order valence-corrected chi connectivity index (χ0v) is 25.9. The fourth-order valence-electron chi connectivity index (χ4n) is 4.30. The van der Waals surface area contributed by atoms with E-state index in [0.717, 1.165) is 24.7 Å². The third-order valence-electron chi connectivity index (χ3n) is 6.78. The highest BCUT2D eigenvalue weighted by Crippen LogP contribution is 2.38. The molecule has 1 fully saturated rings. The van der Waals surface area contributed by atoms with Gasteiger partial charge in [-0.3, -0.25) is 4.98 Å². The summed E-state index contributed by atoms with van der Waals surface area (Å²) in [7, 11) is -3.96. The number of hydrogen-bond donors (Lipinski definition) is 1. The fraction of sp³-hybridized carbons (Fsp3) is 0.250. The third kappa shape index (κ3) is 8.56. The average Bonchev–Trinajstić information content (AvgIpc) is 3.82. The molecule has 230 valence electrons. The van der Waals surface area contributed by atoms with Crippen molar-refractivity contribution in [2.45, 2.75) is 32.0 Å². The van der Waals surface area contributed by atoms with Crippen LogP contribution in [0.5, 0.6) is 23.0 Å². The molecular weight excluding hydrogens is 629 g/mol. The number of esters is 1. The van der Waals surface area contributed by atoms with E-state index < -0.39 is 22.2 Å². The lowest BCUT2D eigenvalue weighted by Crippen LogP contribution is -2.15. The first kappa shape index (κ1) is 31.4. The maximum absolute atomic E-state index is 13.5. The predicted octanol–water partition coefficient (Wildman–Crippen LogP) is 6.94. The Balaban J connectivity index is 1.43. The van der Waals surface area contributed by atoms with Crippen molar-refractivity contribution in [3.8, 4) is 23.0 Å². The second-order valence-electron chi connectivity index (χ2n) is 10.4. The van der Waals surface area contributed by atoms with Crippen LogP contribution in [0.1, 0.15) is 46.0 Å². The van der Waals surface area contributed by atoms with Crippen LogP contribution in [-0.2, 0) is 27.9 Å². The molecule has 1 unspecified atom stereocenters. The van der Waals surface area contributed by atoms with Crippen molar-refractivity contribution in [2.75, 3.05) is 12.9 Å². The van der Waals surface area contributed by atoms with Crippen molar-refractivity contribution in [3.05, 3.63) is 111 Å². The lowest BCUT2D eigenvalue weighted by atomic mass is 10.0. The second-order valence-corrected chi connectivity index (χ2v) is 12.8. The molecule has 3 aromatic carbocycles. The van der Waals surface area contributed by atoms with Gasteiger partial charge >= 0.3 is 16.1 Å². The minimum atomic E-state index is -3.96. The quantitative estimate of drug-likeness (QED) is 0.120. The number of aromatic nitrogens is 1. The number of rotatable bonds is 13. The Morgan fingerprint density at radius 2 is 1.68 bits per heavy atom. The van der Waals surface area contributed by atoms with E-state index in [1.54, 1.807) is 12.1 Å². The molecule has 1 atom stereocenters. The summed E-state index contributed by atoms with van der Waals surface area (Å²) in [6.07, 6.45) is 5.05. The number of phenols is 1. The van der Waals surface area contributed by atoms with Crippen LogP contribution in [0, 0.1) is 5.92 Å². The molecule has 1 heterocycles. The molecule has 4 aromatic rings. The van der Waals surface area contributed by atoms with E-state index >= 15 is 0 Å². The molecule has 1 N–H and O–H groups in total. The van der Waals surface area contributed by atoms with E-state index in [-0.39, 0.29) is 51.6 Å². The highest BCUT2D eigenvalue weighted by Gasteiger charge is 2.26. The maximum Gasteiger partial charge on any atom is 0.338 e. The number of carbonyl (C=O) groups is 1. The highest BCUT2D eigenvalue weighted by atomic mass is 35.5. The van der Waals surface area contributed by atoms with E-state index in [2.05, 4.69) is 4.98 Å². The third-order valence-corrected chi connectivity index (χ3v) is 7.91. The van der Waals surface area contributed by atoms with Crippen molar-refractivity contribution in [2.24, 2.45) is 5.92 Å². The molecule has 0 spiro atoms. The van der Waals surface area contributed by atoms with Crippen LogP contribution in [0.3, 0.4) is 0 Å². The van der Waals surface area contributed by atoms with Crippen molar-refractivity contribution in [3.63, 3.8) is 0 Å². The molecule has 0 bridgehead atoms. The Bertz CT molecular complexity index is 1730. The molecule has 1 aliphatic rings. The highest BCUT2D eigenvalue weighted by molar-refractivity contribution is 7.86. The molecule has 12 heteroatoms. The number of phenolic OH excluding ortho intramolecular Hbond substituents is 1. The van der Waals surface area contributed by atoms with Crippen LogP contribution in [-0.4, -0.2) is 37.3 Å². The number of pyridine rings is 1. The minimum Gasteiger partial charge on any atom is -0.504 e. The van der Waals surface area contributed by atoms with Gasteiger partial charge in [0.2, 0.25) is 0 Å². The number of carbonyl (C=O) groups excluding carboxylic acids is 1. The normalized spacial score (nSPS) is 13.6. The Morgan fingerprint density at radius 1 is 0.955 bits per heavy atom. The van der Waals surface area contributed by atoms with E-state index in [1.807, 2.05) is 30.3 Å². The van der Waals surface area contributed by atoms with E-state index in [4.69, 9.17) is 41.6 Å². The fourth-order valence-corrected chi connectivity index (χ4v) is 5.28. The Kier molecular flexibility index (Phi) is 9.83. The van der Waals surface area contributed by atoms with Crippen LogP contribution >= 0.6 is 23.2 Å². The first-order valence-corrected chi connectivity index (χ1v) is 16.3. The van der Waals surface area contributed by atoms with Gasteiger partial charge in [0.1, 0.15) is 12.7 Å². The SMILES string of the molecule is CS(=O)(=O)Oc1cc(C(=O)OC(Cc2c(Cl)cncc2Cl)c2ccc(O)c(OCC3CC3)c2)ccc1OCc1ccccc1. The van der Waals surface area contributed by atoms with Gasteiger partial charge in [0.05, 0.1) is 28.5 Å². The molecule has 44 heavy (non-hydrogen) atoms. The molecule has 0 saturated heterocycles. The van der Waals surface area contributed by atoms with Crippen LogP contribution < -0.4 is 13.7 Å². The number of halogens is 2. The average molecular weight is 659 g/mol. The van der Waals surface area contributed by atoms with Gasteiger partial charge in [-0.2, -0.15) is 8.42 Å². The first-order valence-electron chi connectivity index (χ1n) is 13.7. The van der Waals surface area contributed by atoms with Gasteiger partial charge in [0.15, 0.2) is 23.0 Å². The van der Waals surface area contributed by atoms with Gasteiger partial charge < -0.3 is 23.5 Å². The summed E-state index contributed by atoms with van der Waals surface area (Å²) < 4.78 is 46.8. The van der Waals surface area contributed by atoms with Gasteiger partial charge in [0.25, 0.3) is 0 Å². The largest absolute Gasteiger partial charge is 0.504 e. The first-order chi connectivity index (χ1) is 21.1. The zero-order valence-electron chi connectivity index (χ0n) is 23.6. The second kappa shape index (κ2) is 13.8. The summed E-state index contributed by atoms with van der Waals surface area (Å²) in [5.74, 6) is -0.171. The number of hydrogen-bond acceptors (Lipinski definition) is 9. The molecule has 0 aliphatic heterocycles. The molecule has 9 nitrogen and oxygen atoms in total. The van der Waals surface area contributed by atoms with E-state index in [9.17, 15) is 18.3 Å². The monoisotopic (exact) mass is 657 g/mol. The van der Waals surface area contributed by atoms with Gasteiger partial charge in [0, 0.05) is 24.9 Å². The van der Waals surface area contributed by atoms with Crippen molar-refractivity contribution in [1.82, 2.24) is 4.98 Å². The molecule has 1 saturated carbocycles. The summed E-state index contributed by atoms with van der Waals surface area (Å²) in [5.41, 5.74) is 1.88. The van der Waals surface area contributed by atoms with Crippen molar-refractivity contribution in [1.29, 1.82) is 0 Å². The van der Waals surface area contributed by atoms with Crippen molar-refractivity contribution >= 4 is 39.3 Å². The summed E-state index contributed by atoms with van der Waals surface area (Å²) in [5, 5.41) is 11.0. The Morgan fingerprint density at radius 3 is 2.36 bits per heavy atom. The molecule has 5 rings (SSSR count). The summed E-state index contributed by atoms with van der Waals surface area (Å²) in [6, 6.07) is 18.1. The van der Waals surface area contributed by atoms with Crippen LogP contribution in [0.2, 0.25) is 10.0 Å². The van der Waals surface area contributed by atoms with Gasteiger partial charge in [-0.1, -0.05) is 59.6 Å². The summed E-state index contributed by atoms with van der Waals surface area (Å²) >= 11 is 12.8. The predicted molar refractivity (Wildman–Crippen MR) is 165 cm³/mol. The lowest BCUT2D eigenvalue weighted by molar-refractivity contribution is 0.0296. The van der Waals surface area contributed by atoms with Gasteiger partial charge in [-0.15, -0.1) is 0 Å². The molecular formula is C32H29Cl2NO8S. The minimum absolute atomic E-state index is 0.0108. The number of ether oxygens (including phenoxy) is 3. The van der Waals surface area contributed by atoms with Crippen molar-refractivity contribution < 1.29 is 36.7 Å². The summed E-state index contributed by atoms with van der Waals surface area (Å²) in [6.45, 7) is 0.609. The van der Waals surface area contributed by atoms with Crippen LogP contribution in [0.25, 0.3) is 0 Å². The lowest BCUT2D eigenvalue weighted by Gasteiger charge is -2.21. The number of nitrogens with zero attached hydrogens (tertiary/aromatic N) is 1. The smallest absolute Gasteiger partial charge is 0.338 e. The summed E-state index contributed by atoms with van der Waals surface area (Å²) in [4.78, 5) is 17.5. The molecule has 0 amide bonds. The maximum atomic E-state index is 13.5. The number of aromatic hydroxyl groups is 1. The number of benzene rings is 3. The van der Waals surface area contributed by atoms with Crippen LogP contribution in [0.4, 0.5) is 0 Å². The Labute approximate surface area is 265 Å². The topological polar surface area (TPSA) is 121 Å². The Hall–Kier alpha value is -3.99. The van der Waals surface area contributed by atoms with E-state index in [0.29, 0.717) is 23.7 Å². The van der Waals surface area contributed by atoms with Crippen LogP contribution in [0.15, 0.2) is 79.1 Å². The zero-order chi connectivity index (χ0) is 31.3. The standard InChI is InChI=1S/C32H29Cl2NO8S/c1-44(38,39)43-31-14-23(10-12-28(31)40-18-20-5-3-2-4-6-20)32(37)42-29(15-24-25(33)16-35-17-26(24)34)22-9-11-27(36)30(13-22)41-19-21-7-8-21/h2-6,9-14,16-17,21,29,36H,7-8,15,18-19H2,1H3. The van der Waals surface area contributed by atoms with Gasteiger partial charge in [-0.25, -0.2) is 4.79 Å². The molecule has 1 aromatic heterocycles. The molecule has 1 aliphatic carbocycles. The molecule has 0 radical (unpaired) electrons. The van der Waals surface area contributed by atoms with E-state index in [1.165, 1.54) is 36.7 Å². The van der Waals surface area contributed by atoms with Gasteiger partial charge in [-0.05, 0) is 59.7 Å².